The Labute approximate surface area is 119 Å². The van der Waals surface area contributed by atoms with Crippen molar-refractivity contribution in [2.45, 2.75) is 20.0 Å². The fourth-order valence-corrected chi connectivity index (χ4v) is 2.59. The van der Waals surface area contributed by atoms with E-state index in [4.69, 9.17) is 0 Å². The fourth-order valence-electron chi connectivity index (χ4n) is 2.59. The van der Waals surface area contributed by atoms with Crippen LogP contribution >= 0.6 is 0 Å². The van der Waals surface area contributed by atoms with Gasteiger partial charge in [-0.25, -0.2) is 0 Å². The van der Waals surface area contributed by atoms with Gasteiger partial charge in [-0.2, -0.15) is 5.10 Å². The summed E-state index contributed by atoms with van der Waals surface area (Å²) in [7, 11) is 1.95. The van der Waals surface area contributed by atoms with Crippen molar-refractivity contribution in [2.24, 2.45) is 7.05 Å². The summed E-state index contributed by atoms with van der Waals surface area (Å²) < 4.78 is 4.12. The second-order valence-corrected chi connectivity index (χ2v) is 5.10. The monoisotopic (exact) mass is 268 g/mol. The van der Waals surface area contributed by atoms with Gasteiger partial charge in [0.05, 0.1) is 12.7 Å². The van der Waals surface area contributed by atoms with Crippen LogP contribution in [0, 0.1) is 0 Å². The number of aromatic nitrogens is 3. The largest absolute Gasteiger partial charge is 0.343 e. The molecule has 3 aromatic rings. The van der Waals surface area contributed by atoms with Crippen LogP contribution in [0.4, 0.5) is 0 Å². The molecule has 1 aromatic carbocycles. The normalized spacial score (nSPS) is 11.3. The molecule has 2 heterocycles. The van der Waals surface area contributed by atoms with Crippen molar-refractivity contribution in [1.29, 1.82) is 0 Å². The molecule has 2 aromatic heterocycles. The molecule has 1 N–H and O–H groups in total. The van der Waals surface area contributed by atoms with Crippen molar-refractivity contribution in [1.82, 2.24) is 19.7 Å². The average molecular weight is 268 g/mol. The summed E-state index contributed by atoms with van der Waals surface area (Å²) in [6.45, 7) is 4.91. The molecule has 20 heavy (non-hydrogen) atoms. The summed E-state index contributed by atoms with van der Waals surface area (Å²) in [6.07, 6.45) is 6.15. The molecule has 0 saturated heterocycles. The van der Waals surface area contributed by atoms with E-state index in [0.717, 1.165) is 19.6 Å². The van der Waals surface area contributed by atoms with Gasteiger partial charge in [0.1, 0.15) is 0 Å². The molecule has 4 heteroatoms. The SMILES string of the molecule is CCNCc1cccc2c1ccn2Cc1cnn(C)c1. The van der Waals surface area contributed by atoms with Crippen molar-refractivity contribution in [2.75, 3.05) is 6.54 Å². The Morgan fingerprint density at radius 2 is 2.15 bits per heavy atom. The minimum Gasteiger partial charge on any atom is -0.343 e. The molecule has 0 amide bonds. The number of rotatable bonds is 5. The standard InChI is InChI=1S/C16H20N4/c1-3-17-10-14-5-4-6-16-15(14)7-8-20(16)12-13-9-18-19(2)11-13/h4-9,11,17H,3,10,12H2,1-2H3. The molecule has 0 spiro atoms. The van der Waals surface area contributed by atoms with Crippen molar-refractivity contribution in [3.8, 4) is 0 Å². The summed E-state index contributed by atoms with van der Waals surface area (Å²) in [5.41, 5.74) is 3.86. The molecule has 3 rings (SSSR count). The van der Waals surface area contributed by atoms with Gasteiger partial charge in [0.15, 0.2) is 0 Å². The molecule has 0 unspecified atom stereocenters. The first-order valence-electron chi connectivity index (χ1n) is 7.03. The number of hydrogen-bond acceptors (Lipinski definition) is 2. The number of nitrogens with one attached hydrogen (secondary N) is 1. The third-order valence-corrected chi connectivity index (χ3v) is 3.58. The van der Waals surface area contributed by atoms with Crippen molar-refractivity contribution >= 4 is 10.9 Å². The topological polar surface area (TPSA) is 34.8 Å². The van der Waals surface area contributed by atoms with E-state index in [1.54, 1.807) is 0 Å². The Hall–Kier alpha value is -2.07. The van der Waals surface area contributed by atoms with Crippen molar-refractivity contribution < 1.29 is 0 Å². The smallest absolute Gasteiger partial charge is 0.0539 e. The third-order valence-electron chi connectivity index (χ3n) is 3.58. The molecular formula is C16H20N4. The van der Waals surface area contributed by atoms with Gasteiger partial charge in [-0.15, -0.1) is 0 Å². The van der Waals surface area contributed by atoms with E-state index in [9.17, 15) is 0 Å². The van der Waals surface area contributed by atoms with E-state index in [1.807, 2.05) is 17.9 Å². The number of hydrogen-bond donors (Lipinski definition) is 1. The van der Waals surface area contributed by atoms with E-state index in [-0.39, 0.29) is 0 Å². The molecule has 0 aliphatic rings. The average Bonchev–Trinajstić information content (AvgIpc) is 3.04. The first-order chi connectivity index (χ1) is 9.78. The highest BCUT2D eigenvalue weighted by atomic mass is 15.2. The quantitative estimate of drug-likeness (QED) is 0.771. The Balaban J connectivity index is 1.92. The molecule has 104 valence electrons. The lowest BCUT2D eigenvalue weighted by atomic mass is 10.1. The summed E-state index contributed by atoms with van der Waals surface area (Å²) >= 11 is 0. The van der Waals surface area contributed by atoms with E-state index in [1.165, 1.54) is 22.0 Å². The van der Waals surface area contributed by atoms with Crippen molar-refractivity contribution in [3.63, 3.8) is 0 Å². The predicted octanol–water partition coefficient (Wildman–Crippen LogP) is 2.53. The van der Waals surface area contributed by atoms with E-state index < -0.39 is 0 Å². The van der Waals surface area contributed by atoms with Crippen molar-refractivity contribution in [3.05, 3.63) is 54.0 Å². The number of benzene rings is 1. The number of fused-ring (bicyclic) bond motifs is 1. The van der Waals surface area contributed by atoms with Crippen LogP contribution in [0.2, 0.25) is 0 Å². The van der Waals surface area contributed by atoms with Gasteiger partial charge in [0.2, 0.25) is 0 Å². The molecule has 4 nitrogen and oxygen atoms in total. The highest BCUT2D eigenvalue weighted by Crippen LogP contribution is 2.21. The van der Waals surface area contributed by atoms with Crippen LogP contribution < -0.4 is 5.32 Å². The maximum Gasteiger partial charge on any atom is 0.0539 e. The molecule has 0 atom stereocenters. The minimum atomic E-state index is 0.863. The maximum atomic E-state index is 4.23. The second-order valence-electron chi connectivity index (χ2n) is 5.10. The zero-order valence-corrected chi connectivity index (χ0v) is 12.0. The molecule has 0 bridgehead atoms. The van der Waals surface area contributed by atoms with Gasteiger partial charge in [-0.1, -0.05) is 19.1 Å². The Bertz CT molecular complexity index is 708. The lowest BCUT2D eigenvalue weighted by Crippen LogP contribution is -2.11. The van der Waals surface area contributed by atoms with Crippen LogP contribution in [0.1, 0.15) is 18.1 Å². The van der Waals surface area contributed by atoms with Crippen LogP contribution in [0.3, 0.4) is 0 Å². The van der Waals surface area contributed by atoms with Crippen LogP contribution in [-0.2, 0) is 20.1 Å². The first kappa shape index (κ1) is 12.9. The van der Waals surface area contributed by atoms with Crippen LogP contribution in [0.5, 0.6) is 0 Å². The molecule has 0 saturated carbocycles. The molecular weight excluding hydrogens is 248 g/mol. The van der Waals surface area contributed by atoms with Gasteiger partial charge in [0, 0.05) is 42.5 Å². The summed E-state index contributed by atoms with van der Waals surface area (Å²) in [6, 6.07) is 8.72. The van der Waals surface area contributed by atoms with Crippen LogP contribution in [-0.4, -0.2) is 20.9 Å². The van der Waals surface area contributed by atoms with E-state index >= 15 is 0 Å². The zero-order valence-electron chi connectivity index (χ0n) is 12.0. The van der Waals surface area contributed by atoms with E-state index in [0.29, 0.717) is 0 Å². The highest BCUT2D eigenvalue weighted by molar-refractivity contribution is 5.83. The fraction of sp³-hybridized carbons (Fsp3) is 0.312. The molecule has 0 radical (unpaired) electrons. The minimum absolute atomic E-state index is 0.863. The second kappa shape index (κ2) is 5.51. The van der Waals surface area contributed by atoms with E-state index in [2.05, 4.69) is 58.6 Å². The number of aryl methyl sites for hydroxylation is 1. The Kier molecular flexibility index (Phi) is 3.56. The first-order valence-corrected chi connectivity index (χ1v) is 7.03. The summed E-state index contributed by atoms with van der Waals surface area (Å²) in [5, 5.41) is 8.96. The molecule has 0 fully saturated rings. The highest BCUT2D eigenvalue weighted by Gasteiger charge is 2.06. The zero-order chi connectivity index (χ0) is 13.9. The molecule has 0 aliphatic heterocycles. The predicted molar refractivity (Wildman–Crippen MR) is 81.6 cm³/mol. The van der Waals surface area contributed by atoms with Gasteiger partial charge >= 0.3 is 0 Å². The summed E-state index contributed by atoms with van der Waals surface area (Å²) in [4.78, 5) is 0. The van der Waals surface area contributed by atoms with Gasteiger partial charge in [-0.3, -0.25) is 4.68 Å². The Morgan fingerprint density at radius 3 is 2.90 bits per heavy atom. The summed E-state index contributed by atoms with van der Waals surface area (Å²) in [5.74, 6) is 0. The number of nitrogens with zero attached hydrogens (tertiary/aromatic N) is 3. The van der Waals surface area contributed by atoms with Gasteiger partial charge in [-0.05, 0) is 24.2 Å². The van der Waals surface area contributed by atoms with Crippen LogP contribution in [0.25, 0.3) is 10.9 Å². The lowest BCUT2D eigenvalue weighted by Gasteiger charge is -2.07. The Morgan fingerprint density at radius 1 is 1.25 bits per heavy atom. The third kappa shape index (κ3) is 2.47. The van der Waals surface area contributed by atoms with Gasteiger partial charge < -0.3 is 9.88 Å². The maximum absolute atomic E-state index is 4.23. The molecule has 0 aliphatic carbocycles. The lowest BCUT2D eigenvalue weighted by molar-refractivity contribution is 0.730. The van der Waals surface area contributed by atoms with Crippen LogP contribution in [0.15, 0.2) is 42.9 Å². The van der Waals surface area contributed by atoms with Gasteiger partial charge in [0.25, 0.3) is 0 Å².